The molecule has 0 aliphatic rings. The number of hydrogen-bond acceptors (Lipinski definition) is 8. The highest BCUT2D eigenvalue weighted by molar-refractivity contribution is 8.35. The lowest BCUT2D eigenvalue weighted by molar-refractivity contribution is 0.425. The van der Waals surface area contributed by atoms with Gasteiger partial charge in [-0.1, -0.05) is 0 Å². The van der Waals surface area contributed by atoms with E-state index < -0.39 is 43.2 Å². The second-order valence-electron chi connectivity index (χ2n) is 2.40. The largest absolute Gasteiger partial charge is 0.465 e. The summed E-state index contributed by atoms with van der Waals surface area (Å²) in [5.41, 5.74) is 0. The van der Waals surface area contributed by atoms with E-state index in [4.69, 9.17) is 18.2 Å². The zero-order valence-electron chi connectivity index (χ0n) is 7.19. The Kier molecular flexibility index (Phi) is 3.73. The van der Waals surface area contributed by atoms with Crippen LogP contribution in [-0.4, -0.2) is 54.6 Å². The molecule has 4 N–H and O–H groups in total. The Morgan fingerprint density at radius 1 is 0.471 bits per heavy atom. The highest BCUT2D eigenvalue weighted by Gasteiger charge is 2.75. The first-order chi connectivity index (χ1) is 7.00. The molecule has 0 amide bonds. The van der Waals surface area contributed by atoms with Crippen molar-refractivity contribution in [3.05, 3.63) is 0 Å². The van der Waals surface area contributed by atoms with Crippen molar-refractivity contribution in [3.8, 4) is 0 Å². The molecule has 0 saturated heterocycles. The third kappa shape index (κ3) is 2.29. The quantitative estimate of drug-likeness (QED) is 0.381. The van der Waals surface area contributed by atoms with Crippen LogP contribution in [0.1, 0.15) is 0 Å². The average molecular weight is 336 g/mol. The van der Waals surface area contributed by atoms with Crippen LogP contribution in [0.4, 0.5) is 0 Å². The fourth-order valence-electron chi connectivity index (χ4n) is 0.798. The van der Waals surface area contributed by atoms with Crippen molar-refractivity contribution >= 4 is 40.5 Å². The minimum atomic E-state index is -6.71. The maximum absolute atomic E-state index is 10.5. The van der Waals surface area contributed by atoms with Gasteiger partial charge in [0.2, 0.25) is 0 Å². The third-order valence-corrected chi connectivity index (χ3v) is 11.4. The van der Waals surface area contributed by atoms with Crippen LogP contribution in [0.3, 0.4) is 0 Å². The highest BCUT2D eigenvalue weighted by atomic mass is 32.4. The molecule has 0 fully saturated rings. The van der Waals surface area contributed by atoms with Gasteiger partial charge in [-0.25, -0.2) is 0 Å². The first-order valence-corrected chi connectivity index (χ1v) is 8.64. The van der Waals surface area contributed by atoms with Gasteiger partial charge in [0.15, 0.2) is 0 Å². The summed E-state index contributed by atoms with van der Waals surface area (Å²) in [4.78, 5) is 0. The summed E-state index contributed by atoms with van der Waals surface area (Å²) >= 11 is 0. The molecule has 0 unspecified atom stereocenters. The Morgan fingerprint density at radius 3 is 0.588 bits per heavy atom. The van der Waals surface area contributed by atoms with Crippen LogP contribution in [0.2, 0.25) is 0 Å². The molecule has 0 radical (unpaired) electrons. The van der Waals surface area contributed by atoms with Crippen LogP contribution in [0.15, 0.2) is 0 Å². The van der Waals surface area contributed by atoms with Crippen molar-refractivity contribution in [2.75, 3.05) is 0 Å². The molecule has 0 bridgehead atoms. The van der Waals surface area contributed by atoms with E-state index in [1.54, 1.807) is 0 Å². The molecule has 0 spiro atoms. The SMILES string of the molecule is O=S(=O)(O)C(S(=O)(=O)O)(S(=O)(=O)O)S(=O)(=O)O. The van der Waals surface area contributed by atoms with Gasteiger partial charge in [0.05, 0.1) is 0 Å². The molecule has 0 aliphatic carbocycles. The van der Waals surface area contributed by atoms with Crippen molar-refractivity contribution in [3.63, 3.8) is 0 Å². The van der Waals surface area contributed by atoms with Crippen LogP contribution in [0.25, 0.3) is 0 Å². The Bertz CT molecular complexity index is 577. The summed E-state index contributed by atoms with van der Waals surface area (Å²) in [5.74, 6) is 0. The Balaban J connectivity index is 7.38. The fourth-order valence-corrected chi connectivity index (χ4v) is 7.19. The molecule has 17 heavy (non-hydrogen) atoms. The van der Waals surface area contributed by atoms with Gasteiger partial charge < -0.3 is 0 Å². The van der Waals surface area contributed by atoms with Gasteiger partial charge in [0, 0.05) is 0 Å². The van der Waals surface area contributed by atoms with Crippen LogP contribution in [0.5, 0.6) is 0 Å². The second kappa shape index (κ2) is 3.82. The van der Waals surface area contributed by atoms with E-state index in [-0.39, 0.29) is 0 Å². The van der Waals surface area contributed by atoms with Crippen LogP contribution >= 0.6 is 0 Å². The van der Waals surface area contributed by atoms with Crippen molar-refractivity contribution in [2.45, 2.75) is 2.74 Å². The molecule has 16 heteroatoms. The summed E-state index contributed by atoms with van der Waals surface area (Å²) < 4.78 is 112. The highest BCUT2D eigenvalue weighted by Crippen LogP contribution is 2.34. The summed E-state index contributed by atoms with van der Waals surface area (Å²) in [6.45, 7) is 0. The van der Waals surface area contributed by atoms with E-state index in [1.165, 1.54) is 0 Å². The first-order valence-electron chi connectivity index (χ1n) is 2.88. The van der Waals surface area contributed by atoms with Crippen LogP contribution < -0.4 is 0 Å². The summed E-state index contributed by atoms with van der Waals surface area (Å²) in [5, 5.41) is 0. The van der Waals surface area contributed by atoms with Gasteiger partial charge in [-0.05, 0) is 0 Å². The normalized spacial score (nSPS) is 15.8. The first kappa shape index (κ1) is 16.6. The van der Waals surface area contributed by atoms with Crippen molar-refractivity contribution in [1.82, 2.24) is 0 Å². The molecule has 104 valence electrons. The Labute approximate surface area is 95.3 Å². The van der Waals surface area contributed by atoms with Crippen molar-refractivity contribution in [2.24, 2.45) is 0 Å². The fraction of sp³-hybridized carbons (Fsp3) is 1.00. The van der Waals surface area contributed by atoms with E-state index >= 15 is 0 Å². The summed E-state index contributed by atoms with van der Waals surface area (Å²) in [6.07, 6.45) is 0. The lowest BCUT2D eigenvalue weighted by Crippen LogP contribution is -2.57. The molecule has 0 saturated carbocycles. The zero-order chi connectivity index (χ0) is 14.5. The number of hydrogen-bond donors (Lipinski definition) is 4. The maximum Gasteiger partial charge on any atom is 0.465 e. The molecule has 12 nitrogen and oxygen atoms in total. The van der Waals surface area contributed by atoms with E-state index in [9.17, 15) is 33.7 Å². The molecule has 0 aromatic heterocycles. The molecule has 0 atom stereocenters. The lowest BCUT2D eigenvalue weighted by atomic mass is 11.8. The van der Waals surface area contributed by atoms with Gasteiger partial charge in [0.25, 0.3) is 0 Å². The maximum atomic E-state index is 10.5. The third-order valence-electron chi connectivity index (χ3n) is 1.26. The van der Waals surface area contributed by atoms with Crippen molar-refractivity contribution in [1.29, 1.82) is 0 Å². The predicted octanol–water partition coefficient (Wildman–Crippen LogP) is -2.85. The van der Waals surface area contributed by atoms with Gasteiger partial charge in [0.1, 0.15) is 0 Å². The molecule has 0 aromatic carbocycles. The van der Waals surface area contributed by atoms with Crippen LogP contribution in [0, 0.1) is 0 Å². The molecule has 0 heterocycles. The predicted molar refractivity (Wildman–Crippen MR) is 48.9 cm³/mol. The van der Waals surface area contributed by atoms with Gasteiger partial charge in [-0.15, -0.1) is 0 Å². The molecule has 0 aliphatic heterocycles. The molecule has 0 rings (SSSR count). The average Bonchev–Trinajstić information content (AvgIpc) is 1.67. The lowest BCUT2D eigenvalue weighted by Gasteiger charge is -2.20. The Hall–Kier alpha value is -0.360. The zero-order valence-corrected chi connectivity index (χ0v) is 10.5. The van der Waals surface area contributed by atoms with Gasteiger partial charge >= 0.3 is 43.2 Å². The molecular weight excluding hydrogens is 332 g/mol. The Morgan fingerprint density at radius 2 is 0.588 bits per heavy atom. The van der Waals surface area contributed by atoms with Crippen LogP contribution in [-0.2, 0) is 40.5 Å². The standard InChI is InChI=1S/CH4O12S4/c2-14(3,4)1(15(5,6)7,16(8,9)10)17(11,12)13/h(H,2,3,4)(H,5,6,7)(H,8,9,10)(H,11,12,13). The minimum absolute atomic E-state index is 5.64. The minimum Gasteiger partial charge on any atom is -0.282 e. The topological polar surface area (TPSA) is 217 Å². The van der Waals surface area contributed by atoms with E-state index in [0.717, 1.165) is 0 Å². The summed E-state index contributed by atoms with van der Waals surface area (Å²) in [7, 11) is -26.9. The van der Waals surface area contributed by atoms with Gasteiger partial charge in [-0.2, -0.15) is 33.7 Å². The van der Waals surface area contributed by atoms with E-state index in [1.807, 2.05) is 0 Å². The smallest absolute Gasteiger partial charge is 0.282 e. The second-order valence-corrected chi connectivity index (χ2v) is 10.2. The monoisotopic (exact) mass is 336 g/mol. The van der Waals surface area contributed by atoms with E-state index in [0.29, 0.717) is 0 Å². The van der Waals surface area contributed by atoms with E-state index in [2.05, 4.69) is 0 Å². The molecule has 0 aromatic rings. The summed E-state index contributed by atoms with van der Waals surface area (Å²) in [6, 6.07) is 0. The van der Waals surface area contributed by atoms with Crippen molar-refractivity contribution < 1.29 is 51.9 Å². The molecular formula is CH4O12S4. The number of rotatable bonds is 4. The van der Waals surface area contributed by atoms with Gasteiger partial charge in [-0.3, -0.25) is 18.2 Å².